The molecule has 0 radical (unpaired) electrons. The zero-order chi connectivity index (χ0) is 23.5. The Kier molecular flexibility index (Phi) is 7.02. The minimum atomic E-state index is -0.559. The van der Waals surface area contributed by atoms with E-state index in [-0.39, 0.29) is 28.3 Å². The summed E-state index contributed by atoms with van der Waals surface area (Å²) in [6.07, 6.45) is 1.56. The summed E-state index contributed by atoms with van der Waals surface area (Å²) in [5, 5.41) is 0.166. The number of nitrogens with zero attached hydrogens (tertiary/aromatic N) is 1. The SMILES string of the molecule is Cc1ccc(CN2C(=O)S/C(=C\c3cc(Br)ccc3OC(=O)c3ccc(Cl)cc3)C2=O)cc1. The molecule has 1 aliphatic heterocycles. The number of thioether (sulfide) groups is 1. The van der Waals surface area contributed by atoms with E-state index >= 15 is 0 Å². The second-order valence-electron chi connectivity index (χ2n) is 7.33. The second kappa shape index (κ2) is 9.95. The molecular formula is C25H17BrClNO4S. The third-order valence-corrected chi connectivity index (χ3v) is 6.53. The molecule has 0 N–H and O–H groups in total. The number of hydrogen-bond donors (Lipinski definition) is 0. The summed E-state index contributed by atoms with van der Waals surface area (Å²) in [5.41, 5.74) is 2.80. The van der Waals surface area contributed by atoms with Crippen molar-refractivity contribution in [3.8, 4) is 5.75 Å². The second-order valence-corrected chi connectivity index (χ2v) is 9.68. The molecule has 0 saturated carbocycles. The number of halogens is 2. The van der Waals surface area contributed by atoms with E-state index in [2.05, 4.69) is 15.9 Å². The number of carbonyl (C=O) groups is 3. The molecule has 3 aromatic carbocycles. The Morgan fingerprint density at radius 2 is 1.76 bits per heavy atom. The average molecular weight is 543 g/mol. The van der Waals surface area contributed by atoms with Gasteiger partial charge in [-0.2, -0.15) is 0 Å². The topological polar surface area (TPSA) is 63.7 Å². The van der Waals surface area contributed by atoms with E-state index < -0.39 is 5.97 Å². The highest BCUT2D eigenvalue weighted by molar-refractivity contribution is 9.10. The first kappa shape index (κ1) is 23.3. The lowest BCUT2D eigenvalue weighted by Gasteiger charge is -2.12. The minimum Gasteiger partial charge on any atom is -0.422 e. The molecule has 0 atom stereocenters. The highest BCUT2D eigenvalue weighted by Crippen LogP contribution is 2.36. The Labute approximate surface area is 208 Å². The van der Waals surface area contributed by atoms with Gasteiger partial charge in [0.1, 0.15) is 5.75 Å². The van der Waals surface area contributed by atoms with Crippen LogP contribution in [0.3, 0.4) is 0 Å². The van der Waals surface area contributed by atoms with Crippen LogP contribution in [0.4, 0.5) is 4.79 Å². The fourth-order valence-corrected chi connectivity index (χ4v) is 4.46. The first-order valence-corrected chi connectivity index (χ1v) is 11.9. The van der Waals surface area contributed by atoms with E-state index in [0.717, 1.165) is 27.4 Å². The Morgan fingerprint density at radius 3 is 2.45 bits per heavy atom. The third kappa shape index (κ3) is 5.55. The van der Waals surface area contributed by atoms with Crippen molar-refractivity contribution in [2.24, 2.45) is 0 Å². The summed E-state index contributed by atoms with van der Waals surface area (Å²) in [5.74, 6) is -0.680. The van der Waals surface area contributed by atoms with Crippen molar-refractivity contribution >= 4 is 62.5 Å². The molecule has 3 aromatic rings. The standard InChI is InChI=1S/C25H17BrClNO4S/c1-15-2-4-16(5-3-15)14-28-23(29)22(33-25(28)31)13-18-12-19(26)8-11-21(18)32-24(30)17-6-9-20(27)10-7-17/h2-13H,14H2,1H3/b22-13-. The summed E-state index contributed by atoms with van der Waals surface area (Å²) in [7, 11) is 0. The Morgan fingerprint density at radius 1 is 1.06 bits per heavy atom. The van der Waals surface area contributed by atoms with Crippen molar-refractivity contribution in [2.75, 3.05) is 0 Å². The first-order valence-electron chi connectivity index (χ1n) is 9.88. The molecule has 0 aliphatic carbocycles. The minimum absolute atomic E-state index is 0.194. The van der Waals surface area contributed by atoms with E-state index in [1.54, 1.807) is 48.5 Å². The number of carbonyl (C=O) groups excluding carboxylic acids is 3. The van der Waals surface area contributed by atoms with Crippen LogP contribution in [0.15, 0.2) is 76.1 Å². The van der Waals surface area contributed by atoms with Crippen LogP contribution >= 0.6 is 39.3 Å². The maximum absolute atomic E-state index is 12.9. The molecular weight excluding hydrogens is 526 g/mol. The van der Waals surface area contributed by atoms with Crippen LogP contribution < -0.4 is 4.74 Å². The Hall–Kier alpha value is -2.87. The van der Waals surface area contributed by atoms with E-state index in [1.165, 1.54) is 4.90 Å². The number of hydrogen-bond acceptors (Lipinski definition) is 5. The van der Waals surface area contributed by atoms with Crippen LogP contribution in [-0.2, 0) is 11.3 Å². The summed E-state index contributed by atoms with van der Waals surface area (Å²) in [6, 6.07) is 19.1. The largest absolute Gasteiger partial charge is 0.422 e. The van der Waals surface area contributed by atoms with E-state index in [9.17, 15) is 14.4 Å². The average Bonchev–Trinajstić information content (AvgIpc) is 3.05. The zero-order valence-electron chi connectivity index (χ0n) is 17.4. The summed E-state index contributed by atoms with van der Waals surface area (Å²) < 4.78 is 6.30. The summed E-state index contributed by atoms with van der Waals surface area (Å²) >= 11 is 10.1. The highest BCUT2D eigenvalue weighted by Gasteiger charge is 2.35. The van der Waals surface area contributed by atoms with Crippen LogP contribution in [0.25, 0.3) is 6.08 Å². The molecule has 8 heteroatoms. The van der Waals surface area contributed by atoms with Gasteiger partial charge in [-0.05, 0) is 72.8 Å². The van der Waals surface area contributed by atoms with Crippen molar-refractivity contribution in [3.63, 3.8) is 0 Å². The number of benzene rings is 3. The number of aryl methyl sites for hydroxylation is 1. The van der Waals surface area contributed by atoms with Gasteiger partial charge in [-0.3, -0.25) is 14.5 Å². The first-order chi connectivity index (χ1) is 15.8. The van der Waals surface area contributed by atoms with Gasteiger partial charge in [-0.15, -0.1) is 0 Å². The molecule has 1 aliphatic rings. The predicted octanol–water partition coefficient (Wildman–Crippen LogP) is 6.87. The van der Waals surface area contributed by atoms with Gasteiger partial charge in [-0.25, -0.2) is 4.79 Å². The van der Waals surface area contributed by atoms with Crippen molar-refractivity contribution < 1.29 is 19.1 Å². The lowest BCUT2D eigenvalue weighted by molar-refractivity contribution is -0.123. The fraction of sp³-hybridized carbons (Fsp3) is 0.0800. The van der Waals surface area contributed by atoms with Crippen LogP contribution in [0.5, 0.6) is 5.75 Å². The molecule has 0 spiro atoms. The van der Waals surface area contributed by atoms with E-state index in [1.807, 2.05) is 31.2 Å². The van der Waals surface area contributed by atoms with E-state index in [4.69, 9.17) is 16.3 Å². The van der Waals surface area contributed by atoms with Gasteiger partial charge in [-0.1, -0.05) is 57.4 Å². The van der Waals surface area contributed by atoms with Crippen LogP contribution in [0.1, 0.15) is 27.0 Å². The summed E-state index contributed by atoms with van der Waals surface area (Å²) in [6.45, 7) is 2.17. The van der Waals surface area contributed by atoms with Crippen molar-refractivity contribution in [1.29, 1.82) is 0 Å². The number of ether oxygens (including phenoxy) is 1. The van der Waals surface area contributed by atoms with Crippen molar-refractivity contribution in [1.82, 2.24) is 4.90 Å². The van der Waals surface area contributed by atoms with Crippen LogP contribution in [0.2, 0.25) is 5.02 Å². The van der Waals surface area contributed by atoms with Crippen molar-refractivity contribution in [2.45, 2.75) is 13.5 Å². The van der Waals surface area contributed by atoms with E-state index in [0.29, 0.717) is 16.1 Å². The van der Waals surface area contributed by atoms with Gasteiger partial charge >= 0.3 is 5.97 Å². The number of esters is 1. The normalized spacial score (nSPS) is 14.8. The molecule has 4 rings (SSSR count). The van der Waals surface area contributed by atoms with Crippen LogP contribution in [-0.4, -0.2) is 22.0 Å². The van der Waals surface area contributed by atoms with Gasteiger partial charge in [0.2, 0.25) is 0 Å². The highest BCUT2D eigenvalue weighted by atomic mass is 79.9. The zero-order valence-corrected chi connectivity index (χ0v) is 20.5. The third-order valence-electron chi connectivity index (χ3n) is 4.88. The maximum Gasteiger partial charge on any atom is 0.343 e. The molecule has 166 valence electrons. The Bertz CT molecular complexity index is 1270. The maximum atomic E-state index is 12.9. The molecule has 33 heavy (non-hydrogen) atoms. The summed E-state index contributed by atoms with van der Waals surface area (Å²) in [4.78, 5) is 39.5. The number of rotatable bonds is 5. The van der Waals surface area contributed by atoms with Gasteiger partial charge in [0.25, 0.3) is 11.1 Å². The molecule has 0 bridgehead atoms. The quantitative estimate of drug-likeness (QED) is 0.200. The molecule has 1 saturated heterocycles. The van der Waals surface area contributed by atoms with Gasteiger partial charge in [0, 0.05) is 15.1 Å². The Balaban J connectivity index is 1.58. The molecule has 1 fully saturated rings. The smallest absolute Gasteiger partial charge is 0.343 e. The van der Waals surface area contributed by atoms with Crippen LogP contribution in [0, 0.1) is 6.92 Å². The molecule has 5 nitrogen and oxygen atoms in total. The monoisotopic (exact) mass is 541 g/mol. The molecule has 2 amide bonds. The fourth-order valence-electron chi connectivity index (χ4n) is 3.12. The molecule has 1 heterocycles. The van der Waals surface area contributed by atoms with Gasteiger partial charge in [0.15, 0.2) is 0 Å². The van der Waals surface area contributed by atoms with Gasteiger partial charge < -0.3 is 4.74 Å². The number of imide groups is 1. The van der Waals surface area contributed by atoms with Crippen molar-refractivity contribution in [3.05, 3.63) is 103 Å². The lowest BCUT2D eigenvalue weighted by Crippen LogP contribution is -2.27. The molecule has 0 aromatic heterocycles. The molecule has 0 unspecified atom stereocenters. The van der Waals surface area contributed by atoms with Gasteiger partial charge in [0.05, 0.1) is 17.0 Å². The number of amides is 2. The predicted molar refractivity (Wildman–Crippen MR) is 133 cm³/mol. The lowest BCUT2D eigenvalue weighted by atomic mass is 10.1.